The molecule has 6 aromatic carbocycles. The lowest BCUT2D eigenvalue weighted by molar-refractivity contribution is 0.668. The van der Waals surface area contributed by atoms with E-state index >= 15 is 0 Å². The summed E-state index contributed by atoms with van der Waals surface area (Å²) < 4.78 is 8.15. The van der Waals surface area contributed by atoms with E-state index < -0.39 is 0 Å². The highest BCUT2D eigenvalue weighted by molar-refractivity contribution is 6.12. The lowest BCUT2D eigenvalue weighted by atomic mass is 9.96. The van der Waals surface area contributed by atoms with Gasteiger partial charge in [0.2, 0.25) is 0 Å². The molecule has 0 fully saturated rings. The van der Waals surface area contributed by atoms with E-state index in [9.17, 15) is 0 Å². The van der Waals surface area contributed by atoms with Crippen LogP contribution in [0.2, 0.25) is 0 Å². The number of rotatable bonds is 2. The fraction of sp³-hybridized carbons (Fsp3) is 0. The van der Waals surface area contributed by atoms with E-state index in [4.69, 9.17) is 4.42 Å². The van der Waals surface area contributed by atoms with E-state index in [1.165, 1.54) is 27.1 Å². The molecule has 0 radical (unpaired) electrons. The van der Waals surface area contributed by atoms with Crippen LogP contribution in [0, 0.1) is 0 Å². The quantitative estimate of drug-likeness (QED) is 0.243. The fourth-order valence-electron chi connectivity index (χ4n) is 5.40. The third-order valence-electron chi connectivity index (χ3n) is 7.13. The molecule has 0 atom stereocenters. The number of hydrogen-bond donors (Lipinski definition) is 0. The molecule has 36 heavy (non-hydrogen) atoms. The first kappa shape index (κ1) is 19.4. The van der Waals surface area contributed by atoms with Gasteiger partial charge in [-0.1, -0.05) is 78.0 Å². The molecule has 0 N–H and O–H groups in total. The van der Waals surface area contributed by atoms with E-state index in [0.29, 0.717) is 0 Å². The second kappa shape index (κ2) is 7.27. The predicted octanol–water partition coefficient (Wildman–Crippen LogP) is 8.29. The predicted molar refractivity (Wildman–Crippen MR) is 147 cm³/mol. The number of furan rings is 1. The van der Waals surface area contributed by atoms with Crippen LogP contribution in [0.3, 0.4) is 0 Å². The second-order valence-corrected chi connectivity index (χ2v) is 9.18. The molecule has 0 saturated heterocycles. The Balaban J connectivity index is 1.35. The van der Waals surface area contributed by atoms with Crippen molar-refractivity contribution >= 4 is 54.5 Å². The molecule has 0 amide bonds. The van der Waals surface area contributed by atoms with E-state index in [2.05, 4.69) is 89.2 Å². The molecule has 2 heterocycles. The molecular weight excluding hydrogens is 442 g/mol. The lowest BCUT2D eigenvalue weighted by Gasteiger charge is -2.08. The molecule has 0 aliphatic rings. The van der Waals surface area contributed by atoms with Crippen molar-refractivity contribution in [2.24, 2.45) is 0 Å². The zero-order chi connectivity index (χ0) is 23.6. The Morgan fingerprint density at radius 1 is 0.556 bits per heavy atom. The van der Waals surface area contributed by atoms with Crippen molar-refractivity contribution < 1.29 is 4.42 Å². The van der Waals surface area contributed by atoms with Crippen LogP contribution in [-0.4, -0.2) is 15.0 Å². The summed E-state index contributed by atoms with van der Waals surface area (Å²) in [5.74, 6) is 0. The standard InChI is InChI=1S/C32H19N3O/c1-2-7-24-20(6-1)12-13-23-18-21(14-16-25(23)24)22-15-17-30-26(19-22)32-29(10-5-11-31(32)36-30)35-28-9-4-3-8-27(28)33-34-35/h1-19H. The van der Waals surface area contributed by atoms with Gasteiger partial charge in [-0.2, -0.15) is 0 Å². The zero-order valence-electron chi connectivity index (χ0n) is 19.2. The van der Waals surface area contributed by atoms with Crippen molar-refractivity contribution in [3.8, 4) is 16.8 Å². The Labute approximate surface area is 206 Å². The van der Waals surface area contributed by atoms with Crippen molar-refractivity contribution in [2.45, 2.75) is 0 Å². The average Bonchev–Trinajstić information content (AvgIpc) is 3.54. The molecule has 8 aromatic rings. The van der Waals surface area contributed by atoms with Gasteiger partial charge < -0.3 is 4.42 Å². The first-order valence-corrected chi connectivity index (χ1v) is 12.0. The summed E-state index contributed by atoms with van der Waals surface area (Å²) >= 11 is 0. The normalized spacial score (nSPS) is 11.9. The average molecular weight is 462 g/mol. The summed E-state index contributed by atoms with van der Waals surface area (Å²) in [5.41, 5.74) is 6.82. The smallest absolute Gasteiger partial charge is 0.137 e. The van der Waals surface area contributed by atoms with Gasteiger partial charge in [0.15, 0.2) is 0 Å². The molecule has 2 aromatic heterocycles. The Kier molecular flexibility index (Phi) is 3.91. The maximum absolute atomic E-state index is 6.25. The Morgan fingerprint density at radius 2 is 1.36 bits per heavy atom. The van der Waals surface area contributed by atoms with Gasteiger partial charge in [0, 0.05) is 5.39 Å². The van der Waals surface area contributed by atoms with Crippen LogP contribution in [0.4, 0.5) is 0 Å². The largest absolute Gasteiger partial charge is 0.456 e. The zero-order valence-corrected chi connectivity index (χ0v) is 19.2. The first-order chi connectivity index (χ1) is 17.8. The molecule has 4 nitrogen and oxygen atoms in total. The lowest BCUT2D eigenvalue weighted by Crippen LogP contribution is -1.97. The van der Waals surface area contributed by atoms with Crippen LogP contribution in [0.25, 0.3) is 71.3 Å². The molecular formula is C32H19N3O. The number of benzene rings is 6. The maximum Gasteiger partial charge on any atom is 0.137 e. The van der Waals surface area contributed by atoms with Crippen LogP contribution >= 0.6 is 0 Å². The highest BCUT2D eigenvalue weighted by atomic mass is 16.3. The van der Waals surface area contributed by atoms with Gasteiger partial charge in [-0.3, -0.25) is 0 Å². The molecule has 0 aliphatic carbocycles. The van der Waals surface area contributed by atoms with Crippen LogP contribution in [0.1, 0.15) is 0 Å². The molecule has 168 valence electrons. The van der Waals surface area contributed by atoms with Gasteiger partial charge in [0.25, 0.3) is 0 Å². The van der Waals surface area contributed by atoms with E-state index in [1.807, 2.05) is 41.1 Å². The Bertz CT molecular complexity index is 2120. The van der Waals surface area contributed by atoms with Gasteiger partial charge in [0.05, 0.1) is 16.6 Å². The van der Waals surface area contributed by atoms with Crippen molar-refractivity contribution in [1.82, 2.24) is 15.0 Å². The monoisotopic (exact) mass is 461 g/mol. The van der Waals surface area contributed by atoms with E-state index in [1.54, 1.807) is 0 Å². The number of aromatic nitrogens is 3. The topological polar surface area (TPSA) is 43.9 Å². The summed E-state index contributed by atoms with van der Waals surface area (Å²) in [6.07, 6.45) is 0. The molecule has 0 bridgehead atoms. The van der Waals surface area contributed by atoms with Gasteiger partial charge in [0.1, 0.15) is 16.7 Å². The first-order valence-electron chi connectivity index (χ1n) is 12.0. The van der Waals surface area contributed by atoms with Crippen LogP contribution in [0.5, 0.6) is 0 Å². The fourth-order valence-corrected chi connectivity index (χ4v) is 5.40. The molecule has 0 unspecified atom stereocenters. The summed E-state index contributed by atoms with van der Waals surface area (Å²) in [4.78, 5) is 0. The third kappa shape index (κ3) is 2.75. The highest BCUT2D eigenvalue weighted by Crippen LogP contribution is 2.37. The number of fused-ring (bicyclic) bond motifs is 7. The van der Waals surface area contributed by atoms with E-state index in [0.717, 1.165) is 44.2 Å². The molecule has 0 saturated carbocycles. The second-order valence-electron chi connectivity index (χ2n) is 9.18. The third-order valence-corrected chi connectivity index (χ3v) is 7.13. The maximum atomic E-state index is 6.25. The molecule has 0 spiro atoms. The van der Waals surface area contributed by atoms with Crippen LogP contribution in [0.15, 0.2) is 120 Å². The SMILES string of the molecule is c1ccc2c(c1)ccc1cc(-c3ccc4oc5cccc(-n6nnc7ccccc76)c5c4c3)ccc12. The van der Waals surface area contributed by atoms with Crippen molar-refractivity contribution in [3.05, 3.63) is 115 Å². The molecule has 4 heteroatoms. The summed E-state index contributed by atoms with van der Waals surface area (Å²) in [5, 5.41) is 16.0. The van der Waals surface area contributed by atoms with Gasteiger partial charge in [-0.25, -0.2) is 4.68 Å². The van der Waals surface area contributed by atoms with Gasteiger partial charge in [-0.05, 0) is 75.1 Å². The highest BCUT2D eigenvalue weighted by Gasteiger charge is 2.16. The number of nitrogens with zero attached hydrogens (tertiary/aromatic N) is 3. The van der Waals surface area contributed by atoms with Crippen molar-refractivity contribution in [1.29, 1.82) is 0 Å². The summed E-state index contributed by atoms with van der Waals surface area (Å²) in [7, 11) is 0. The van der Waals surface area contributed by atoms with E-state index in [-0.39, 0.29) is 0 Å². The molecule has 0 aliphatic heterocycles. The van der Waals surface area contributed by atoms with Gasteiger partial charge in [-0.15, -0.1) is 5.10 Å². The van der Waals surface area contributed by atoms with Gasteiger partial charge >= 0.3 is 0 Å². The number of hydrogen-bond acceptors (Lipinski definition) is 3. The summed E-state index contributed by atoms with van der Waals surface area (Å²) in [6, 6.07) is 40.2. The Morgan fingerprint density at radius 3 is 2.36 bits per heavy atom. The summed E-state index contributed by atoms with van der Waals surface area (Å²) in [6.45, 7) is 0. The minimum Gasteiger partial charge on any atom is -0.456 e. The molecule has 8 rings (SSSR count). The minimum atomic E-state index is 0.837. The van der Waals surface area contributed by atoms with Crippen molar-refractivity contribution in [2.75, 3.05) is 0 Å². The van der Waals surface area contributed by atoms with Crippen molar-refractivity contribution in [3.63, 3.8) is 0 Å². The van der Waals surface area contributed by atoms with Crippen LogP contribution < -0.4 is 0 Å². The number of para-hydroxylation sites is 1. The Hall–Kier alpha value is -4.96. The van der Waals surface area contributed by atoms with Crippen LogP contribution in [-0.2, 0) is 0 Å². The minimum absolute atomic E-state index is 0.837.